The summed E-state index contributed by atoms with van der Waals surface area (Å²) in [5.74, 6) is -2.03. The average molecular weight is 330 g/mol. The van der Waals surface area contributed by atoms with Crippen LogP contribution >= 0.6 is 0 Å². The fraction of sp³-hybridized carbons (Fsp3) is 0.389. The van der Waals surface area contributed by atoms with Crippen LogP contribution in [0.1, 0.15) is 41.7 Å². The molecule has 0 bridgehead atoms. The Balaban J connectivity index is 2.01. The van der Waals surface area contributed by atoms with Gasteiger partial charge in [-0.1, -0.05) is 6.92 Å². The molecular weight excluding hydrogens is 311 g/mol. The second kappa shape index (κ2) is 6.19. The van der Waals surface area contributed by atoms with Gasteiger partial charge in [-0.25, -0.2) is 4.39 Å². The quantitative estimate of drug-likeness (QED) is 0.915. The number of halogens is 1. The highest BCUT2D eigenvalue weighted by molar-refractivity contribution is 6.06. The fourth-order valence-corrected chi connectivity index (χ4v) is 2.76. The van der Waals surface area contributed by atoms with Crippen LogP contribution in [0.3, 0.4) is 0 Å². The third-order valence-corrected chi connectivity index (χ3v) is 4.33. The van der Waals surface area contributed by atoms with Crippen molar-refractivity contribution < 1.29 is 19.1 Å². The Kier molecular flexibility index (Phi) is 4.22. The zero-order valence-electron chi connectivity index (χ0n) is 13.6. The van der Waals surface area contributed by atoms with Gasteiger partial charge in [0.05, 0.1) is 17.0 Å². The van der Waals surface area contributed by atoms with Crippen molar-refractivity contribution in [3.05, 3.63) is 41.3 Å². The zero-order chi connectivity index (χ0) is 17.4. The molecule has 1 aromatic heterocycles. The molecule has 3 rings (SSSR count). The van der Waals surface area contributed by atoms with Crippen LogP contribution in [0.25, 0.3) is 10.9 Å². The molecule has 126 valence electrons. The van der Waals surface area contributed by atoms with Crippen LogP contribution in [-0.4, -0.2) is 40.5 Å². The highest BCUT2D eigenvalue weighted by atomic mass is 19.1. The van der Waals surface area contributed by atoms with E-state index in [1.807, 2.05) is 0 Å². The van der Waals surface area contributed by atoms with Gasteiger partial charge >= 0.3 is 5.97 Å². The van der Waals surface area contributed by atoms with Crippen LogP contribution in [0, 0.1) is 11.7 Å². The van der Waals surface area contributed by atoms with Gasteiger partial charge in [-0.15, -0.1) is 0 Å². The Hall–Kier alpha value is -2.50. The SMILES string of the molecule is CC(CN(C)C(=O)c1cc(C2CC2)nc2ccc(F)cc12)C(=O)O. The number of pyridine rings is 1. The minimum atomic E-state index is -0.959. The number of nitrogens with zero attached hydrogens (tertiary/aromatic N) is 2. The Bertz CT molecular complexity index is 817. The smallest absolute Gasteiger partial charge is 0.308 e. The number of aliphatic carboxylic acids is 1. The molecule has 1 atom stereocenters. The molecule has 1 amide bonds. The summed E-state index contributed by atoms with van der Waals surface area (Å²) in [7, 11) is 1.56. The van der Waals surface area contributed by atoms with Crippen LogP contribution in [0.5, 0.6) is 0 Å². The number of amides is 1. The molecule has 1 N–H and O–H groups in total. The van der Waals surface area contributed by atoms with E-state index in [0.29, 0.717) is 22.4 Å². The third kappa shape index (κ3) is 3.22. The largest absolute Gasteiger partial charge is 0.481 e. The number of hydrogen-bond acceptors (Lipinski definition) is 3. The van der Waals surface area contributed by atoms with Crippen LogP contribution in [0.2, 0.25) is 0 Å². The number of carbonyl (C=O) groups is 2. The van der Waals surface area contributed by atoms with E-state index >= 15 is 0 Å². The predicted molar refractivity (Wildman–Crippen MR) is 87.4 cm³/mol. The first-order valence-electron chi connectivity index (χ1n) is 7.95. The molecule has 1 aliphatic carbocycles. The van der Waals surface area contributed by atoms with Crippen molar-refractivity contribution in [3.63, 3.8) is 0 Å². The number of carboxylic acids is 1. The van der Waals surface area contributed by atoms with E-state index in [9.17, 15) is 14.0 Å². The van der Waals surface area contributed by atoms with Gasteiger partial charge in [0.25, 0.3) is 5.91 Å². The first-order chi connectivity index (χ1) is 11.4. The molecule has 0 spiro atoms. The molecule has 0 radical (unpaired) electrons. The predicted octanol–water partition coefficient (Wildman–Crippen LogP) is 3.04. The number of carbonyl (C=O) groups excluding carboxylic acids is 1. The lowest BCUT2D eigenvalue weighted by Crippen LogP contribution is -2.33. The molecule has 1 fully saturated rings. The molecule has 24 heavy (non-hydrogen) atoms. The molecule has 6 heteroatoms. The summed E-state index contributed by atoms with van der Waals surface area (Å²) in [6.07, 6.45) is 2.08. The second-order valence-electron chi connectivity index (χ2n) is 6.46. The van der Waals surface area contributed by atoms with E-state index in [0.717, 1.165) is 18.5 Å². The van der Waals surface area contributed by atoms with Gasteiger partial charge < -0.3 is 10.0 Å². The van der Waals surface area contributed by atoms with E-state index in [1.165, 1.54) is 17.0 Å². The maximum Gasteiger partial charge on any atom is 0.308 e. The summed E-state index contributed by atoms with van der Waals surface area (Å²) >= 11 is 0. The van der Waals surface area contributed by atoms with Crippen molar-refractivity contribution in [1.82, 2.24) is 9.88 Å². The lowest BCUT2D eigenvalue weighted by atomic mass is 10.0. The average Bonchev–Trinajstić information content (AvgIpc) is 3.37. The van der Waals surface area contributed by atoms with Gasteiger partial charge in [0.15, 0.2) is 0 Å². The zero-order valence-corrected chi connectivity index (χ0v) is 13.6. The summed E-state index contributed by atoms with van der Waals surface area (Å²) in [5.41, 5.74) is 1.81. The Morgan fingerprint density at radius 1 is 1.38 bits per heavy atom. The monoisotopic (exact) mass is 330 g/mol. The Morgan fingerprint density at radius 2 is 2.08 bits per heavy atom. The number of rotatable bonds is 5. The highest BCUT2D eigenvalue weighted by Gasteiger charge is 2.28. The minimum Gasteiger partial charge on any atom is -0.481 e. The topological polar surface area (TPSA) is 70.5 Å². The Labute approximate surface area is 139 Å². The molecule has 0 saturated heterocycles. The van der Waals surface area contributed by atoms with E-state index in [4.69, 9.17) is 5.11 Å². The maximum absolute atomic E-state index is 13.6. The summed E-state index contributed by atoms with van der Waals surface area (Å²) in [5, 5.41) is 9.48. The van der Waals surface area contributed by atoms with E-state index in [2.05, 4.69) is 4.98 Å². The van der Waals surface area contributed by atoms with Crippen LogP contribution in [0.4, 0.5) is 4.39 Å². The first-order valence-corrected chi connectivity index (χ1v) is 7.95. The molecular formula is C18H19FN2O3. The standard InChI is InChI=1S/C18H19FN2O3/c1-10(18(23)24)9-21(2)17(22)14-8-16(11-3-4-11)20-15-6-5-12(19)7-13(14)15/h5-8,10-11H,3-4,9H2,1-2H3,(H,23,24). The summed E-state index contributed by atoms with van der Waals surface area (Å²) in [4.78, 5) is 29.7. The van der Waals surface area contributed by atoms with Crippen LogP contribution in [-0.2, 0) is 4.79 Å². The van der Waals surface area contributed by atoms with Gasteiger partial charge in [-0.3, -0.25) is 14.6 Å². The molecule has 1 heterocycles. The molecule has 5 nitrogen and oxygen atoms in total. The van der Waals surface area contributed by atoms with Crippen molar-refractivity contribution in [2.75, 3.05) is 13.6 Å². The van der Waals surface area contributed by atoms with Crippen molar-refractivity contribution in [2.45, 2.75) is 25.7 Å². The van der Waals surface area contributed by atoms with E-state index in [1.54, 1.807) is 26.1 Å². The molecule has 1 aliphatic rings. The number of carboxylic acid groups (broad SMARTS) is 1. The fourth-order valence-electron chi connectivity index (χ4n) is 2.76. The number of hydrogen-bond donors (Lipinski definition) is 1. The van der Waals surface area contributed by atoms with Crippen LogP contribution < -0.4 is 0 Å². The van der Waals surface area contributed by atoms with E-state index < -0.39 is 17.7 Å². The van der Waals surface area contributed by atoms with Gasteiger partial charge in [0.1, 0.15) is 5.82 Å². The Morgan fingerprint density at radius 3 is 2.71 bits per heavy atom. The lowest BCUT2D eigenvalue weighted by molar-refractivity contribution is -0.141. The summed E-state index contributed by atoms with van der Waals surface area (Å²) < 4.78 is 13.6. The van der Waals surface area contributed by atoms with Gasteiger partial charge in [0, 0.05) is 30.6 Å². The molecule has 0 aliphatic heterocycles. The number of benzene rings is 1. The third-order valence-electron chi connectivity index (χ3n) is 4.33. The molecule has 1 saturated carbocycles. The van der Waals surface area contributed by atoms with Gasteiger partial charge in [-0.2, -0.15) is 0 Å². The first kappa shape index (κ1) is 16.4. The van der Waals surface area contributed by atoms with Gasteiger partial charge in [0.2, 0.25) is 0 Å². The van der Waals surface area contributed by atoms with E-state index in [-0.39, 0.29) is 12.5 Å². The van der Waals surface area contributed by atoms with Crippen molar-refractivity contribution >= 4 is 22.8 Å². The molecule has 1 unspecified atom stereocenters. The van der Waals surface area contributed by atoms with Gasteiger partial charge in [-0.05, 0) is 37.1 Å². The summed E-state index contributed by atoms with van der Waals surface area (Å²) in [6, 6.07) is 5.94. The minimum absolute atomic E-state index is 0.0893. The maximum atomic E-state index is 13.6. The summed E-state index contributed by atoms with van der Waals surface area (Å²) in [6.45, 7) is 1.64. The molecule has 2 aromatic rings. The number of aromatic nitrogens is 1. The lowest BCUT2D eigenvalue weighted by Gasteiger charge is -2.20. The second-order valence-corrected chi connectivity index (χ2v) is 6.46. The molecule has 1 aromatic carbocycles. The van der Waals surface area contributed by atoms with Crippen molar-refractivity contribution in [2.24, 2.45) is 5.92 Å². The van der Waals surface area contributed by atoms with Crippen LogP contribution in [0.15, 0.2) is 24.3 Å². The van der Waals surface area contributed by atoms with Crippen molar-refractivity contribution in [3.8, 4) is 0 Å². The normalized spacial score (nSPS) is 15.3. The van der Waals surface area contributed by atoms with Crippen molar-refractivity contribution in [1.29, 1.82) is 0 Å². The highest BCUT2D eigenvalue weighted by Crippen LogP contribution is 2.40. The number of fused-ring (bicyclic) bond motifs is 1.